The van der Waals surface area contributed by atoms with Crippen molar-refractivity contribution < 1.29 is 17.2 Å². The van der Waals surface area contributed by atoms with Gasteiger partial charge in [0.05, 0.1) is 4.90 Å². The van der Waals surface area contributed by atoms with Gasteiger partial charge in [-0.15, -0.1) is 0 Å². The second kappa shape index (κ2) is 7.99. The van der Waals surface area contributed by atoms with Crippen LogP contribution < -0.4 is 4.90 Å². The summed E-state index contributed by atoms with van der Waals surface area (Å²) in [6.45, 7) is 4.93. The molecule has 0 N–H and O–H groups in total. The third kappa shape index (κ3) is 4.50. The van der Waals surface area contributed by atoms with Gasteiger partial charge >= 0.3 is 5.76 Å². The lowest BCUT2D eigenvalue weighted by atomic mass is 9.89. The number of hydrogen-bond donors (Lipinski definition) is 0. The number of piperazine rings is 1. The fourth-order valence-corrected chi connectivity index (χ4v) is 4.59. The van der Waals surface area contributed by atoms with Crippen molar-refractivity contribution in [1.82, 2.24) is 4.90 Å². The van der Waals surface area contributed by atoms with Gasteiger partial charge in [-0.1, -0.05) is 19.3 Å². The van der Waals surface area contributed by atoms with E-state index in [9.17, 15) is 17.2 Å². The van der Waals surface area contributed by atoms with Crippen molar-refractivity contribution in [3.8, 4) is 0 Å². The fourth-order valence-electron chi connectivity index (χ4n) is 3.87. The van der Waals surface area contributed by atoms with Crippen LogP contribution in [0.25, 0.3) is 0 Å². The van der Waals surface area contributed by atoms with E-state index in [-0.39, 0.29) is 4.90 Å². The molecule has 0 spiro atoms. The van der Waals surface area contributed by atoms with E-state index in [2.05, 4.69) is 9.80 Å². The van der Waals surface area contributed by atoms with Crippen molar-refractivity contribution in [2.75, 3.05) is 37.6 Å². The van der Waals surface area contributed by atoms with Crippen LogP contribution in [-0.4, -0.2) is 51.8 Å². The lowest BCUT2D eigenvalue weighted by Gasteiger charge is -2.38. The average Bonchev–Trinajstić information content (AvgIpc) is 2.63. The molecule has 4 nitrogen and oxygen atoms in total. The van der Waals surface area contributed by atoms with Gasteiger partial charge in [-0.3, -0.25) is 4.90 Å². The molecule has 0 aromatic heterocycles. The van der Waals surface area contributed by atoms with E-state index in [0.717, 1.165) is 37.8 Å². The first-order valence-corrected chi connectivity index (χ1v) is 10.6. The predicted molar refractivity (Wildman–Crippen MR) is 94.9 cm³/mol. The first kappa shape index (κ1) is 18.6. The summed E-state index contributed by atoms with van der Waals surface area (Å²) in [6, 6.07) is 5.83. The van der Waals surface area contributed by atoms with Crippen molar-refractivity contribution in [2.45, 2.75) is 42.8 Å². The normalized spacial score (nSPS) is 21.0. The number of alkyl halides is 2. The Morgan fingerprint density at radius 2 is 1.56 bits per heavy atom. The van der Waals surface area contributed by atoms with Crippen LogP contribution in [0.5, 0.6) is 0 Å². The Labute approximate surface area is 148 Å². The molecule has 1 aliphatic heterocycles. The van der Waals surface area contributed by atoms with Gasteiger partial charge in [0.25, 0.3) is 0 Å². The summed E-state index contributed by atoms with van der Waals surface area (Å²) >= 11 is 0. The Hall–Kier alpha value is -1.21. The summed E-state index contributed by atoms with van der Waals surface area (Å²) in [6.07, 6.45) is 6.79. The Morgan fingerprint density at radius 1 is 0.960 bits per heavy atom. The summed E-state index contributed by atoms with van der Waals surface area (Å²) < 4.78 is 48.1. The lowest BCUT2D eigenvalue weighted by Crippen LogP contribution is -2.48. The molecule has 1 aromatic carbocycles. The molecule has 1 aromatic rings. The number of halogens is 2. The maximum Gasteiger partial charge on any atom is 0.341 e. The van der Waals surface area contributed by atoms with Crippen molar-refractivity contribution in [2.24, 2.45) is 5.92 Å². The molecule has 7 heteroatoms. The topological polar surface area (TPSA) is 40.6 Å². The lowest BCUT2D eigenvalue weighted by molar-refractivity contribution is 0.192. The number of rotatable bonds is 5. The van der Waals surface area contributed by atoms with Crippen LogP contribution in [0.2, 0.25) is 0 Å². The van der Waals surface area contributed by atoms with Gasteiger partial charge in [0.1, 0.15) is 0 Å². The number of hydrogen-bond acceptors (Lipinski definition) is 4. The Kier molecular flexibility index (Phi) is 5.94. The van der Waals surface area contributed by atoms with E-state index < -0.39 is 15.6 Å². The molecule has 1 heterocycles. The molecule has 2 fully saturated rings. The van der Waals surface area contributed by atoms with E-state index in [1.165, 1.54) is 50.8 Å². The zero-order chi connectivity index (χ0) is 17.9. The fraction of sp³-hybridized carbons (Fsp3) is 0.667. The van der Waals surface area contributed by atoms with E-state index in [0.29, 0.717) is 0 Å². The first-order chi connectivity index (χ1) is 12.0. The molecule has 25 heavy (non-hydrogen) atoms. The summed E-state index contributed by atoms with van der Waals surface area (Å²) in [7, 11) is -4.51. The highest BCUT2D eigenvalue weighted by atomic mass is 32.2. The van der Waals surface area contributed by atoms with Gasteiger partial charge in [-0.25, -0.2) is 8.42 Å². The SMILES string of the molecule is O=S(=O)(c1ccc(N2CCN(CC3CCCCC3)CC2)cc1)C(F)F. The number of sulfone groups is 1. The molecule has 0 atom stereocenters. The minimum Gasteiger partial charge on any atom is -0.369 e. The van der Waals surface area contributed by atoms with Crippen LogP contribution in [0, 0.1) is 5.92 Å². The third-order valence-electron chi connectivity index (χ3n) is 5.38. The molecule has 140 valence electrons. The van der Waals surface area contributed by atoms with E-state index in [4.69, 9.17) is 0 Å². The third-order valence-corrected chi connectivity index (χ3v) is 6.78. The quantitative estimate of drug-likeness (QED) is 0.794. The summed E-state index contributed by atoms with van der Waals surface area (Å²) in [4.78, 5) is 4.39. The largest absolute Gasteiger partial charge is 0.369 e. The van der Waals surface area contributed by atoms with Crippen LogP contribution in [0.3, 0.4) is 0 Å². The monoisotopic (exact) mass is 372 g/mol. The smallest absolute Gasteiger partial charge is 0.341 e. The van der Waals surface area contributed by atoms with Gasteiger partial charge in [0.15, 0.2) is 0 Å². The van der Waals surface area contributed by atoms with Gasteiger partial charge in [-0.2, -0.15) is 8.78 Å². The minimum atomic E-state index is -4.51. The summed E-state index contributed by atoms with van der Waals surface area (Å²) in [5, 5.41) is 0. The summed E-state index contributed by atoms with van der Waals surface area (Å²) in [5.74, 6) is -2.54. The number of anilines is 1. The van der Waals surface area contributed by atoms with Gasteiger partial charge in [-0.05, 0) is 43.0 Å². The Balaban J connectivity index is 1.54. The highest BCUT2D eigenvalue weighted by Gasteiger charge is 2.27. The molecular formula is C18H26F2N2O2S. The van der Waals surface area contributed by atoms with E-state index in [1.54, 1.807) is 12.1 Å². The van der Waals surface area contributed by atoms with Gasteiger partial charge in [0.2, 0.25) is 9.84 Å². The highest BCUT2D eigenvalue weighted by molar-refractivity contribution is 7.91. The van der Waals surface area contributed by atoms with Crippen LogP contribution in [0.1, 0.15) is 32.1 Å². The first-order valence-electron chi connectivity index (χ1n) is 9.06. The Morgan fingerprint density at radius 3 is 2.12 bits per heavy atom. The summed E-state index contributed by atoms with van der Waals surface area (Å²) in [5.41, 5.74) is 0.894. The molecular weight excluding hydrogens is 346 g/mol. The van der Waals surface area contributed by atoms with Crippen molar-refractivity contribution in [3.63, 3.8) is 0 Å². The molecule has 1 aliphatic carbocycles. The molecule has 3 rings (SSSR count). The van der Waals surface area contributed by atoms with Crippen molar-refractivity contribution >= 4 is 15.5 Å². The highest BCUT2D eigenvalue weighted by Crippen LogP contribution is 2.26. The van der Waals surface area contributed by atoms with Crippen molar-refractivity contribution in [1.29, 1.82) is 0 Å². The minimum absolute atomic E-state index is 0.317. The van der Waals surface area contributed by atoms with Gasteiger partial charge in [0, 0.05) is 38.4 Å². The number of benzene rings is 1. The van der Waals surface area contributed by atoms with Crippen LogP contribution >= 0.6 is 0 Å². The van der Waals surface area contributed by atoms with E-state index in [1.807, 2.05) is 0 Å². The second-order valence-corrected chi connectivity index (χ2v) is 9.01. The van der Waals surface area contributed by atoms with E-state index >= 15 is 0 Å². The maximum atomic E-state index is 12.6. The zero-order valence-electron chi connectivity index (χ0n) is 14.4. The van der Waals surface area contributed by atoms with Crippen LogP contribution in [0.15, 0.2) is 29.2 Å². The molecule has 2 aliphatic rings. The average molecular weight is 372 g/mol. The molecule has 0 amide bonds. The maximum absolute atomic E-state index is 12.6. The van der Waals surface area contributed by atoms with Crippen molar-refractivity contribution in [3.05, 3.63) is 24.3 Å². The number of nitrogens with zero attached hydrogens (tertiary/aromatic N) is 2. The van der Waals surface area contributed by atoms with Gasteiger partial charge < -0.3 is 4.90 Å². The van der Waals surface area contributed by atoms with Crippen LogP contribution in [-0.2, 0) is 9.84 Å². The molecule has 1 saturated carbocycles. The standard InChI is InChI=1S/C18H26F2N2O2S/c19-18(20)25(23,24)17-8-6-16(7-9-17)22-12-10-21(11-13-22)14-15-4-2-1-3-5-15/h6-9,15,18H,1-5,10-14H2. The molecule has 0 unspecified atom stereocenters. The zero-order valence-corrected chi connectivity index (χ0v) is 15.2. The van der Waals surface area contributed by atoms with Crippen LogP contribution in [0.4, 0.5) is 14.5 Å². The second-order valence-electron chi connectivity index (χ2n) is 7.09. The molecule has 0 radical (unpaired) electrons. The predicted octanol–water partition coefficient (Wildman–Crippen LogP) is 3.39. The molecule has 1 saturated heterocycles. The molecule has 0 bridgehead atoms. The Bertz CT molecular complexity index is 650.